The van der Waals surface area contributed by atoms with E-state index in [1.807, 2.05) is 25.1 Å². The van der Waals surface area contributed by atoms with Gasteiger partial charge < -0.3 is 10.1 Å². The molecule has 9 heteroatoms. The number of amides is 1. The second-order valence-electron chi connectivity index (χ2n) is 6.03. The predicted molar refractivity (Wildman–Crippen MR) is 95.1 cm³/mol. The molecule has 1 aromatic heterocycles. The molecule has 0 radical (unpaired) electrons. The molecular weight excluding hydrogens is 356 g/mol. The molecule has 1 aliphatic rings. The Bertz CT molecular complexity index is 866. The molecule has 1 N–H and O–H groups in total. The smallest absolute Gasteiger partial charge is 0.247 e. The van der Waals surface area contributed by atoms with Crippen LogP contribution < -0.4 is 10.1 Å². The Labute approximate surface area is 152 Å². The summed E-state index contributed by atoms with van der Waals surface area (Å²) < 4.78 is 34.7. The molecule has 1 aliphatic heterocycles. The van der Waals surface area contributed by atoms with Gasteiger partial charge in [-0.05, 0) is 19.1 Å². The Hall–Kier alpha value is -2.39. The molecule has 0 bridgehead atoms. The normalized spacial score (nSPS) is 20.8. The monoisotopic (exact) mass is 378 g/mol. The lowest BCUT2D eigenvalue weighted by Crippen LogP contribution is -2.44. The van der Waals surface area contributed by atoms with Gasteiger partial charge in [-0.25, -0.2) is 8.42 Å². The molecule has 2 aromatic rings. The minimum atomic E-state index is -3.85. The molecule has 0 saturated carbocycles. The fourth-order valence-electron chi connectivity index (χ4n) is 3.00. The molecule has 1 fully saturated rings. The van der Waals surface area contributed by atoms with Gasteiger partial charge in [0.25, 0.3) is 0 Å². The van der Waals surface area contributed by atoms with Crippen LogP contribution in [0.3, 0.4) is 0 Å². The van der Waals surface area contributed by atoms with Crippen molar-refractivity contribution < 1.29 is 17.9 Å². The molecule has 1 aromatic carbocycles. The summed E-state index contributed by atoms with van der Waals surface area (Å²) in [7, 11) is -2.35. The van der Waals surface area contributed by atoms with Gasteiger partial charge in [0.15, 0.2) is 0 Å². The first-order chi connectivity index (χ1) is 12.5. The standard InChI is InChI=1S/C17H22N4O4S/c1-3-20-12-15(10-19-20)26(23,24)21-11-14(9-16(21)17(22)18-2)25-13-7-5-4-6-8-13/h4-8,10,12,14,16H,3,9,11H2,1-2H3,(H,18,22)/t14-,16+/m0/s1. The summed E-state index contributed by atoms with van der Waals surface area (Å²) in [6, 6.07) is 8.34. The lowest BCUT2D eigenvalue weighted by molar-refractivity contribution is -0.123. The van der Waals surface area contributed by atoms with Crippen LogP contribution >= 0.6 is 0 Å². The zero-order valence-electron chi connectivity index (χ0n) is 14.7. The van der Waals surface area contributed by atoms with Crippen molar-refractivity contribution in [3.63, 3.8) is 0 Å². The van der Waals surface area contributed by atoms with E-state index >= 15 is 0 Å². The number of para-hydroxylation sites is 1. The van der Waals surface area contributed by atoms with E-state index in [0.29, 0.717) is 12.3 Å². The first kappa shape index (κ1) is 18.4. The van der Waals surface area contributed by atoms with E-state index in [0.717, 1.165) is 0 Å². The summed E-state index contributed by atoms with van der Waals surface area (Å²) >= 11 is 0. The van der Waals surface area contributed by atoms with Crippen molar-refractivity contribution >= 4 is 15.9 Å². The van der Waals surface area contributed by atoms with Gasteiger partial charge in [-0.3, -0.25) is 9.48 Å². The van der Waals surface area contributed by atoms with Crippen molar-refractivity contribution in [1.82, 2.24) is 19.4 Å². The summed E-state index contributed by atoms with van der Waals surface area (Å²) in [6.07, 6.45) is 2.67. The minimum Gasteiger partial charge on any atom is -0.489 e. The number of nitrogens with one attached hydrogen (secondary N) is 1. The summed E-state index contributed by atoms with van der Waals surface area (Å²) in [5, 5.41) is 6.57. The van der Waals surface area contributed by atoms with E-state index in [1.54, 1.807) is 12.1 Å². The van der Waals surface area contributed by atoms with E-state index in [-0.39, 0.29) is 23.8 Å². The number of nitrogens with zero attached hydrogens (tertiary/aromatic N) is 3. The van der Waals surface area contributed by atoms with Gasteiger partial charge in [0.05, 0.1) is 12.7 Å². The summed E-state index contributed by atoms with van der Waals surface area (Å²) in [5.74, 6) is 0.293. The zero-order chi connectivity index (χ0) is 18.7. The van der Waals surface area contributed by atoms with Crippen molar-refractivity contribution in [2.75, 3.05) is 13.6 Å². The van der Waals surface area contributed by atoms with Crippen LogP contribution in [0.1, 0.15) is 13.3 Å². The first-order valence-electron chi connectivity index (χ1n) is 8.43. The highest BCUT2D eigenvalue weighted by molar-refractivity contribution is 7.89. The Morgan fingerprint density at radius 2 is 2.08 bits per heavy atom. The molecule has 1 amide bonds. The van der Waals surface area contributed by atoms with Crippen LogP contribution in [0.25, 0.3) is 0 Å². The first-order valence-corrected chi connectivity index (χ1v) is 9.87. The van der Waals surface area contributed by atoms with E-state index < -0.39 is 22.2 Å². The fraction of sp³-hybridized carbons (Fsp3) is 0.412. The van der Waals surface area contributed by atoms with Crippen molar-refractivity contribution in [3.05, 3.63) is 42.7 Å². The maximum atomic E-state index is 13.0. The summed E-state index contributed by atoms with van der Waals surface area (Å²) in [4.78, 5) is 12.3. The van der Waals surface area contributed by atoms with Crippen LogP contribution in [-0.2, 0) is 21.4 Å². The number of aromatic nitrogens is 2. The van der Waals surface area contributed by atoms with Crippen LogP contribution in [0.4, 0.5) is 0 Å². The van der Waals surface area contributed by atoms with E-state index in [4.69, 9.17) is 4.74 Å². The van der Waals surface area contributed by atoms with Gasteiger partial charge in [0.1, 0.15) is 22.8 Å². The van der Waals surface area contributed by atoms with Crippen LogP contribution in [0.2, 0.25) is 0 Å². The highest BCUT2D eigenvalue weighted by atomic mass is 32.2. The molecule has 2 atom stereocenters. The van der Waals surface area contributed by atoms with Gasteiger partial charge in [0, 0.05) is 26.2 Å². The minimum absolute atomic E-state index is 0.0774. The molecule has 0 unspecified atom stereocenters. The van der Waals surface area contributed by atoms with E-state index in [9.17, 15) is 13.2 Å². The molecule has 0 spiro atoms. The number of rotatable bonds is 6. The topological polar surface area (TPSA) is 93.5 Å². The Balaban J connectivity index is 1.86. The van der Waals surface area contributed by atoms with Crippen LogP contribution in [0.15, 0.2) is 47.6 Å². The third-order valence-corrected chi connectivity index (χ3v) is 6.18. The molecular formula is C17H22N4O4S. The quantitative estimate of drug-likeness (QED) is 0.805. The average molecular weight is 378 g/mol. The third kappa shape index (κ3) is 3.58. The van der Waals surface area contributed by atoms with Gasteiger partial charge >= 0.3 is 0 Å². The molecule has 1 saturated heterocycles. The number of hydrogen-bond donors (Lipinski definition) is 1. The molecule has 26 heavy (non-hydrogen) atoms. The van der Waals surface area contributed by atoms with Crippen molar-refractivity contribution in [2.45, 2.75) is 36.9 Å². The second kappa shape index (κ2) is 7.46. The maximum Gasteiger partial charge on any atom is 0.247 e. The number of sulfonamides is 1. The number of likely N-dealkylation sites (N-methyl/N-ethyl adjacent to an activating group) is 1. The molecule has 3 rings (SSSR count). The molecule has 140 valence electrons. The van der Waals surface area contributed by atoms with Crippen molar-refractivity contribution in [3.8, 4) is 5.75 Å². The van der Waals surface area contributed by atoms with Crippen molar-refractivity contribution in [1.29, 1.82) is 0 Å². The number of ether oxygens (including phenoxy) is 1. The van der Waals surface area contributed by atoms with Crippen LogP contribution in [0.5, 0.6) is 5.75 Å². The fourth-order valence-corrected chi connectivity index (χ4v) is 4.59. The summed E-state index contributed by atoms with van der Waals surface area (Å²) in [5.41, 5.74) is 0. The molecule has 2 heterocycles. The number of carbonyl (C=O) groups excluding carboxylic acids is 1. The Morgan fingerprint density at radius 1 is 1.35 bits per heavy atom. The number of carbonyl (C=O) groups is 1. The highest BCUT2D eigenvalue weighted by Crippen LogP contribution is 2.29. The largest absolute Gasteiger partial charge is 0.489 e. The van der Waals surface area contributed by atoms with Gasteiger partial charge in [-0.2, -0.15) is 9.40 Å². The van der Waals surface area contributed by atoms with E-state index in [2.05, 4.69) is 10.4 Å². The van der Waals surface area contributed by atoms with Crippen LogP contribution in [-0.4, -0.2) is 54.1 Å². The van der Waals surface area contributed by atoms with Gasteiger partial charge in [-0.1, -0.05) is 18.2 Å². The SMILES string of the molecule is CCn1cc(S(=O)(=O)N2C[C@@H](Oc3ccccc3)C[C@@H]2C(=O)NC)cn1. The predicted octanol–water partition coefficient (Wildman–Crippen LogP) is 0.860. The van der Waals surface area contributed by atoms with Gasteiger partial charge in [-0.15, -0.1) is 0 Å². The Kier molecular flexibility index (Phi) is 5.28. The highest BCUT2D eigenvalue weighted by Gasteiger charge is 2.45. The summed E-state index contributed by atoms with van der Waals surface area (Å²) in [6.45, 7) is 2.54. The van der Waals surface area contributed by atoms with Crippen LogP contribution in [0, 0.1) is 0 Å². The number of benzene rings is 1. The lowest BCUT2D eigenvalue weighted by Gasteiger charge is -2.21. The number of hydrogen-bond acceptors (Lipinski definition) is 5. The average Bonchev–Trinajstić information content (AvgIpc) is 3.29. The maximum absolute atomic E-state index is 13.0. The zero-order valence-corrected chi connectivity index (χ0v) is 15.5. The number of aryl methyl sites for hydroxylation is 1. The Morgan fingerprint density at radius 3 is 2.69 bits per heavy atom. The lowest BCUT2D eigenvalue weighted by atomic mass is 10.2. The van der Waals surface area contributed by atoms with Crippen molar-refractivity contribution in [2.24, 2.45) is 0 Å². The molecule has 0 aliphatic carbocycles. The molecule has 8 nitrogen and oxygen atoms in total. The van der Waals surface area contributed by atoms with Gasteiger partial charge in [0.2, 0.25) is 15.9 Å². The van der Waals surface area contributed by atoms with E-state index in [1.165, 1.54) is 28.4 Å². The second-order valence-corrected chi connectivity index (χ2v) is 7.92. The third-order valence-electron chi connectivity index (χ3n) is 4.35.